The SMILES string of the molecule is Brc1cc2ccccc2[nH+]c1Br.[Br-]. The normalized spacial score (nSPS) is 9.69. The summed E-state index contributed by atoms with van der Waals surface area (Å²) in [7, 11) is 0. The lowest BCUT2D eigenvalue weighted by Crippen LogP contribution is -3.00. The Morgan fingerprint density at radius 1 is 1.08 bits per heavy atom. The fraction of sp³-hybridized carbons (Fsp3) is 0. The molecule has 0 atom stereocenters. The van der Waals surface area contributed by atoms with Gasteiger partial charge in [-0.25, -0.2) is 0 Å². The lowest BCUT2D eigenvalue weighted by Gasteiger charge is -1.92. The van der Waals surface area contributed by atoms with Gasteiger partial charge in [-0.1, -0.05) is 12.1 Å². The number of benzene rings is 1. The van der Waals surface area contributed by atoms with E-state index >= 15 is 0 Å². The van der Waals surface area contributed by atoms with Gasteiger partial charge in [0.25, 0.3) is 4.60 Å². The minimum atomic E-state index is 0. The number of hydrogen-bond donors (Lipinski definition) is 0. The Hall–Kier alpha value is 0.0700. The zero-order chi connectivity index (χ0) is 8.55. The van der Waals surface area contributed by atoms with Crippen LogP contribution in [0.1, 0.15) is 0 Å². The van der Waals surface area contributed by atoms with Crippen LogP contribution in [0.15, 0.2) is 39.4 Å². The van der Waals surface area contributed by atoms with E-state index in [0.717, 1.165) is 14.6 Å². The molecule has 1 N–H and O–H groups in total. The Bertz CT molecular complexity index is 388. The molecule has 0 unspecified atom stereocenters. The van der Waals surface area contributed by atoms with E-state index in [-0.39, 0.29) is 17.0 Å². The molecule has 1 heterocycles. The third-order valence-electron chi connectivity index (χ3n) is 1.70. The molecule has 68 valence electrons. The van der Waals surface area contributed by atoms with Crippen molar-refractivity contribution in [1.82, 2.24) is 0 Å². The van der Waals surface area contributed by atoms with Gasteiger partial charge in [0.2, 0.25) is 5.52 Å². The molecule has 0 fully saturated rings. The Morgan fingerprint density at radius 3 is 2.54 bits per heavy atom. The fourth-order valence-corrected chi connectivity index (χ4v) is 1.79. The van der Waals surface area contributed by atoms with Crippen LogP contribution in [0.2, 0.25) is 0 Å². The number of para-hydroxylation sites is 1. The van der Waals surface area contributed by atoms with Gasteiger partial charge in [0, 0.05) is 27.4 Å². The molecular formula is C9H6Br3N. The first-order chi connectivity index (χ1) is 5.77. The maximum Gasteiger partial charge on any atom is 0.261 e. The number of rotatable bonds is 0. The summed E-state index contributed by atoms with van der Waals surface area (Å²) < 4.78 is 2.02. The predicted molar refractivity (Wildman–Crippen MR) is 55.9 cm³/mol. The average molecular weight is 368 g/mol. The van der Waals surface area contributed by atoms with Crippen LogP contribution in [0.4, 0.5) is 0 Å². The van der Waals surface area contributed by atoms with Crippen molar-refractivity contribution >= 4 is 42.8 Å². The summed E-state index contributed by atoms with van der Waals surface area (Å²) in [6.45, 7) is 0. The van der Waals surface area contributed by atoms with Crippen LogP contribution >= 0.6 is 31.9 Å². The molecule has 4 heteroatoms. The molecule has 0 aliphatic carbocycles. The summed E-state index contributed by atoms with van der Waals surface area (Å²) in [5, 5.41) is 1.20. The molecule has 0 aliphatic heterocycles. The number of H-pyrrole nitrogens is 1. The second-order valence-corrected chi connectivity index (χ2v) is 4.17. The highest BCUT2D eigenvalue weighted by atomic mass is 79.9. The maximum atomic E-state index is 3.44. The van der Waals surface area contributed by atoms with Crippen molar-refractivity contribution in [1.29, 1.82) is 0 Å². The topological polar surface area (TPSA) is 14.1 Å². The summed E-state index contributed by atoms with van der Waals surface area (Å²) in [6.07, 6.45) is 0. The summed E-state index contributed by atoms with van der Waals surface area (Å²) in [5.74, 6) is 0. The summed E-state index contributed by atoms with van der Waals surface area (Å²) in [5.41, 5.74) is 1.13. The molecule has 0 radical (unpaired) electrons. The van der Waals surface area contributed by atoms with Gasteiger partial charge < -0.3 is 17.0 Å². The Kier molecular flexibility index (Phi) is 3.88. The van der Waals surface area contributed by atoms with Crippen molar-refractivity contribution in [3.05, 3.63) is 39.4 Å². The fourth-order valence-electron chi connectivity index (χ4n) is 1.11. The second kappa shape index (κ2) is 4.53. The molecule has 0 bridgehead atoms. The highest BCUT2D eigenvalue weighted by Crippen LogP contribution is 2.21. The van der Waals surface area contributed by atoms with Gasteiger partial charge in [0.05, 0.1) is 4.47 Å². The number of fused-ring (bicyclic) bond motifs is 1. The first-order valence-corrected chi connectivity index (χ1v) is 5.12. The summed E-state index contributed by atoms with van der Waals surface area (Å²) in [4.78, 5) is 3.23. The van der Waals surface area contributed by atoms with E-state index in [1.165, 1.54) is 5.39 Å². The number of pyridine rings is 1. The van der Waals surface area contributed by atoms with Gasteiger partial charge in [-0.3, -0.25) is 0 Å². The van der Waals surface area contributed by atoms with Gasteiger partial charge in [0.1, 0.15) is 0 Å². The number of aromatic amines is 1. The van der Waals surface area contributed by atoms with Crippen molar-refractivity contribution < 1.29 is 22.0 Å². The first-order valence-electron chi connectivity index (χ1n) is 3.53. The highest BCUT2D eigenvalue weighted by Gasteiger charge is 2.06. The molecule has 0 saturated carbocycles. The van der Waals surface area contributed by atoms with E-state index in [2.05, 4.69) is 49.0 Å². The first kappa shape index (κ1) is 11.1. The van der Waals surface area contributed by atoms with Gasteiger partial charge in [-0.2, -0.15) is 4.98 Å². The maximum absolute atomic E-state index is 3.44. The summed E-state index contributed by atoms with van der Waals surface area (Å²) >= 11 is 6.85. The highest BCUT2D eigenvalue weighted by molar-refractivity contribution is 9.13. The quantitative estimate of drug-likeness (QED) is 0.590. The number of hydrogen-bond acceptors (Lipinski definition) is 0. The molecular weight excluding hydrogens is 362 g/mol. The summed E-state index contributed by atoms with van der Waals surface area (Å²) in [6, 6.07) is 10.2. The van der Waals surface area contributed by atoms with Crippen molar-refractivity contribution in [2.75, 3.05) is 0 Å². The van der Waals surface area contributed by atoms with Crippen molar-refractivity contribution in [3.8, 4) is 0 Å². The molecule has 2 rings (SSSR count). The second-order valence-electron chi connectivity index (χ2n) is 2.52. The zero-order valence-corrected chi connectivity index (χ0v) is 11.3. The third kappa shape index (κ3) is 2.30. The molecule has 0 spiro atoms. The molecule has 13 heavy (non-hydrogen) atoms. The number of halogens is 3. The Labute approximate surface area is 104 Å². The van der Waals surface area contributed by atoms with E-state index < -0.39 is 0 Å². The van der Waals surface area contributed by atoms with E-state index in [9.17, 15) is 0 Å². The van der Waals surface area contributed by atoms with Crippen LogP contribution in [0.25, 0.3) is 10.9 Å². The average Bonchev–Trinajstić information content (AvgIpc) is 2.07. The zero-order valence-electron chi connectivity index (χ0n) is 6.52. The minimum absolute atomic E-state index is 0. The monoisotopic (exact) mass is 365 g/mol. The number of nitrogens with one attached hydrogen (secondary N) is 1. The predicted octanol–water partition coefficient (Wildman–Crippen LogP) is 0.183. The van der Waals surface area contributed by atoms with Crippen LogP contribution in [0.5, 0.6) is 0 Å². The van der Waals surface area contributed by atoms with E-state index in [1.54, 1.807) is 0 Å². The van der Waals surface area contributed by atoms with E-state index in [0.29, 0.717) is 0 Å². The number of aromatic nitrogens is 1. The van der Waals surface area contributed by atoms with Gasteiger partial charge >= 0.3 is 0 Å². The Morgan fingerprint density at radius 2 is 1.77 bits per heavy atom. The van der Waals surface area contributed by atoms with Crippen LogP contribution < -0.4 is 22.0 Å². The standard InChI is InChI=1S/C9H5Br2N.BrH/c10-7-5-6-3-1-2-4-8(6)12-9(7)11;/h1-5H;1H. The van der Waals surface area contributed by atoms with Crippen molar-refractivity contribution in [2.24, 2.45) is 0 Å². The lowest BCUT2D eigenvalue weighted by molar-refractivity contribution is -0.360. The lowest BCUT2D eigenvalue weighted by atomic mass is 10.2. The van der Waals surface area contributed by atoms with Gasteiger partial charge in [0.15, 0.2) is 0 Å². The molecule has 0 saturated heterocycles. The molecule has 2 aromatic rings. The van der Waals surface area contributed by atoms with Gasteiger partial charge in [-0.05, 0) is 28.1 Å². The van der Waals surface area contributed by atoms with E-state index in [4.69, 9.17) is 0 Å². The largest absolute Gasteiger partial charge is 1.00 e. The molecule has 1 aromatic heterocycles. The smallest absolute Gasteiger partial charge is 0.261 e. The van der Waals surface area contributed by atoms with Crippen LogP contribution in [-0.4, -0.2) is 0 Å². The van der Waals surface area contributed by atoms with Crippen molar-refractivity contribution in [2.45, 2.75) is 0 Å². The molecule has 0 amide bonds. The molecule has 0 aliphatic rings. The van der Waals surface area contributed by atoms with Crippen LogP contribution in [-0.2, 0) is 0 Å². The minimum Gasteiger partial charge on any atom is -1.00 e. The van der Waals surface area contributed by atoms with Crippen LogP contribution in [0.3, 0.4) is 0 Å². The van der Waals surface area contributed by atoms with Crippen LogP contribution in [0, 0.1) is 0 Å². The van der Waals surface area contributed by atoms with Crippen molar-refractivity contribution in [3.63, 3.8) is 0 Å². The van der Waals surface area contributed by atoms with E-state index in [1.807, 2.05) is 18.2 Å². The molecule has 1 aromatic carbocycles. The van der Waals surface area contributed by atoms with Gasteiger partial charge in [-0.15, -0.1) is 0 Å². The molecule has 1 nitrogen and oxygen atoms in total. The third-order valence-corrected chi connectivity index (χ3v) is 3.48. The Balaban J connectivity index is 0.000000845.